The summed E-state index contributed by atoms with van der Waals surface area (Å²) < 4.78 is 1.88. The van der Waals surface area contributed by atoms with Crippen molar-refractivity contribution in [3.8, 4) is 0 Å². The summed E-state index contributed by atoms with van der Waals surface area (Å²) in [6.07, 6.45) is 7.65. The van der Waals surface area contributed by atoms with Gasteiger partial charge in [-0.15, -0.1) is 0 Å². The van der Waals surface area contributed by atoms with Gasteiger partial charge in [0, 0.05) is 31.9 Å². The van der Waals surface area contributed by atoms with Crippen LogP contribution in [-0.2, 0) is 13.5 Å². The maximum atomic E-state index is 4.23. The van der Waals surface area contributed by atoms with Crippen molar-refractivity contribution in [3.05, 3.63) is 18.0 Å². The van der Waals surface area contributed by atoms with Crippen molar-refractivity contribution in [3.63, 3.8) is 0 Å². The molecule has 0 spiro atoms. The summed E-state index contributed by atoms with van der Waals surface area (Å²) in [4.78, 5) is 2.59. The summed E-state index contributed by atoms with van der Waals surface area (Å²) in [6.45, 7) is 9.27. The average molecular weight is 250 g/mol. The molecule has 2 heterocycles. The zero-order chi connectivity index (χ0) is 13.0. The molecule has 1 aromatic heterocycles. The Balaban J connectivity index is 1.87. The molecule has 1 aromatic rings. The maximum absolute atomic E-state index is 4.23. The summed E-state index contributed by atoms with van der Waals surface area (Å²) in [7, 11) is 1.98. The first kappa shape index (κ1) is 13.6. The Labute approximate surface area is 110 Å². The number of aryl methyl sites for hydroxylation is 1. The third kappa shape index (κ3) is 3.56. The van der Waals surface area contributed by atoms with Crippen molar-refractivity contribution >= 4 is 0 Å². The van der Waals surface area contributed by atoms with E-state index >= 15 is 0 Å². The Morgan fingerprint density at radius 3 is 3.00 bits per heavy atom. The summed E-state index contributed by atoms with van der Waals surface area (Å²) >= 11 is 0. The number of nitrogens with one attached hydrogen (secondary N) is 1. The highest BCUT2D eigenvalue weighted by molar-refractivity contribution is 5.04. The molecule has 1 fully saturated rings. The van der Waals surface area contributed by atoms with Gasteiger partial charge in [-0.25, -0.2) is 0 Å². The summed E-state index contributed by atoms with van der Waals surface area (Å²) in [5.41, 5.74) is 1.62. The van der Waals surface area contributed by atoms with E-state index in [-0.39, 0.29) is 5.54 Å². The molecule has 1 saturated heterocycles. The van der Waals surface area contributed by atoms with Crippen LogP contribution < -0.4 is 5.32 Å². The third-order valence-corrected chi connectivity index (χ3v) is 4.03. The van der Waals surface area contributed by atoms with Crippen molar-refractivity contribution in [1.29, 1.82) is 0 Å². The molecule has 4 nitrogen and oxygen atoms in total. The lowest BCUT2D eigenvalue weighted by molar-refractivity contribution is 0.217. The smallest absolute Gasteiger partial charge is 0.0522 e. The lowest BCUT2D eigenvalue weighted by atomic mass is 9.98. The van der Waals surface area contributed by atoms with Gasteiger partial charge >= 0.3 is 0 Å². The first-order chi connectivity index (χ1) is 8.61. The average Bonchev–Trinajstić information content (AvgIpc) is 2.67. The van der Waals surface area contributed by atoms with Crippen LogP contribution in [0.2, 0.25) is 0 Å². The lowest BCUT2D eigenvalue weighted by Gasteiger charge is -2.32. The molecule has 1 N–H and O–H groups in total. The highest BCUT2D eigenvalue weighted by atomic mass is 15.2. The zero-order valence-electron chi connectivity index (χ0n) is 11.9. The van der Waals surface area contributed by atoms with Crippen LogP contribution >= 0.6 is 0 Å². The monoisotopic (exact) mass is 250 g/mol. The van der Waals surface area contributed by atoms with Crippen molar-refractivity contribution < 1.29 is 0 Å². The normalized spacial score (nSPS) is 26.2. The van der Waals surface area contributed by atoms with Crippen LogP contribution in [0.1, 0.15) is 32.3 Å². The number of nitrogens with zero attached hydrogens (tertiary/aromatic N) is 3. The van der Waals surface area contributed by atoms with Gasteiger partial charge in [-0.1, -0.05) is 6.92 Å². The van der Waals surface area contributed by atoms with Gasteiger partial charge in [-0.05, 0) is 44.8 Å². The number of aromatic nitrogens is 2. The van der Waals surface area contributed by atoms with E-state index in [1.165, 1.54) is 24.9 Å². The number of hydrogen-bond acceptors (Lipinski definition) is 3. The third-order valence-electron chi connectivity index (χ3n) is 4.03. The van der Waals surface area contributed by atoms with Gasteiger partial charge in [0.05, 0.1) is 6.20 Å². The molecule has 1 aliphatic heterocycles. The Morgan fingerprint density at radius 2 is 2.33 bits per heavy atom. The first-order valence-corrected chi connectivity index (χ1v) is 7.06. The highest BCUT2D eigenvalue weighted by Gasteiger charge is 2.26. The topological polar surface area (TPSA) is 33.1 Å². The standard InChI is InChI=1S/C14H26N4/c1-4-14(2)12-18(8-5-7-15-14)9-6-13-10-16-17(3)11-13/h10-11,15H,4-9,12H2,1-3H3. The number of rotatable bonds is 4. The van der Waals surface area contributed by atoms with Gasteiger partial charge in [0.2, 0.25) is 0 Å². The van der Waals surface area contributed by atoms with Crippen LogP contribution in [0.15, 0.2) is 12.4 Å². The van der Waals surface area contributed by atoms with Crippen LogP contribution in [-0.4, -0.2) is 46.4 Å². The molecular weight excluding hydrogens is 224 g/mol. The van der Waals surface area contributed by atoms with Crippen LogP contribution in [0.4, 0.5) is 0 Å². The first-order valence-electron chi connectivity index (χ1n) is 7.06. The van der Waals surface area contributed by atoms with E-state index in [0.717, 1.165) is 26.1 Å². The molecule has 0 bridgehead atoms. The fourth-order valence-electron chi connectivity index (χ4n) is 2.64. The molecular formula is C14H26N4. The van der Waals surface area contributed by atoms with Crippen molar-refractivity contribution in [2.45, 2.75) is 38.6 Å². The zero-order valence-corrected chi connectivity index (χ0v) is 11.9. The fourth-order valence-corrected chi connectivity index (χ4v) is 2.64. The van der Waals surface area contributed by atoms with Crippen LogP contribution in [0, 0.1) is 0 Å². The predicted molar refractivity (Wildman–Crippen MR) is 74.7 cm³/mol. The second-order valence-corrected chi connectivity index (χ2v) is 5.74. The van der Waals surface area contributed by atoms with Crippen LogP contribution in [0.5, 0.6) is 0 Å². The van der Waals surface area contributed by atoms with Gasteiger partial charge in [0.15, 0.2) is 0 Å². The van der Waals surface area contributed by atoms with Crippen LogP contribution in [0.3, 0.4) is 0 Å². The largest absolute Gasteiger partial charge is 0.310 e. The van der Waals surface area contributed by atoms with Gasteiger partial charge in [-0.3, -0.25) is 4.68 Å². The van der Waals surface area contributed by atoms with Crippen LogP contribution in [0.25, 0.3) is 0 Å². The van der Waals surface area contributed by atoms with E-state index in [9.17, 15) is 0 Å². The Kier molecular flexibility index (Phi) is 4.40. The molecule has 1 atom stereocenters. The molecule has 102 valence electrons. The highest BCUT2D eigenvalue weighted by Crippen LogP contribution is 2.15. The van der Waals surface area contributed by atoms with Crippen molar-refractivity contribution in [2.24, 2.45) is 7.05 Å². The van der Waals surface area contributed by atoms with Crippen molar-refractivity contribution in [1.82, 2.24) is 20.0 Å². The van der Waals surface area contributed by atoms with E-state index < -0.39 is 0 Å². The van der Waals surface area contributed by atoms with Gasteiger partial charge < -0.3 is 10.2 Å². The lowest BCUT2D eigenvalue weighted by Crippen LogP contribution is -2.48. The maximum Gasteiger partial charge on any atom is 0.0522 e. The Hall–Kier alpha value is -0.870. The second-order valence-electron chi connectivity index (χ2n) is 5.74. The van der Waals surface area contributed by atoms with E-state index in [0.29, 0.717) is 0 Å². The predicted octanol–water partition coefficient (Wildman–Crippen LogP) is 1.43. The Bertz CT molecular complexity index is 374. The molecule has 0 radical (unpaired) electrons. The number of hydrogen-bond donors (Lipinski definition) is 1. The molecule has 1 aliphatic rings. The van der Waals surface area contributed by atoms with Gasteiger partial charge in [-0.2, -0.15) is 5.10 Å². The van der Waals surface area contributed by atoms with E-state index in [1.807, 2.05) is 17.9 Å². The van der Waals surface area contributed by atoms with E-state index in [4.69, 9.17) is 0 Å². The molecule has 0 aromatic carbocycles. The minimum absolute atomic E-state index is 0.283. The molecule has 18 heavy (non-hydrogen) atoms. The second kappa shape index (κ2) is 5.85. The molecule has 4 heteroatoms. The van der Waals surface area contributed by atoms with E-state index in [2.05, 4.69) is 35.4 Å². The van der Waals surface area contributed by atoms with Gasteiger partial charge in [0.25, 0.3) is 0 Å². The Morgan fingerprint density at radius 1 is 1.50 bits per heavy atom. The molecule has 2 rings (SSSR count). The SMILES string of the molecule is CCC1(C)CN(CCc2cnn(C)c2)CCCN1. The summed E-state index contributed by atoms with van der Waals surface area (Å²) in [6, 6.07) is 0. The summed E-state index contributed by atoms with van der Waals surface area (Å²) in [5.74, 6) is 0. The minimum Gasteiger partial charge on any atom is -0.310 e. The minimum atomic E-state index is 0.283. The summed E-state index contributed by atoms with van der Waals surface area (Å²) in [5, 5.41) is 7.91. The van der Waals surface area contributed by atoms with E-state index in [1.54, 1.807) is 0 Å². The molecule has 0 amide bonds. The molecule has 0 aliphatic carbocycles. The molecule has 0 saturated carbocycles. The fraction of sp³-hybridized carbons (Fsp3) is 0.786. The molecule has 1 unspecified atom stereocenters. The van der Waals surface area contributed by atoms with Gasteiger partial charge in [0.1, 0.15) is 0 Å². The van der Waals surface area contributed by atoms with Crippen molar-refractivity contribution in [2.75, 3.05) is 26.2 Å². The quantitative estimate of drug-likeness (QED) is 0.877.